The minimum atomic E-state index is -0.00572. The zero-order valence-electron chi connectivity index (χ0n) is 8.80. The van der Waals surface area contributed by atoms with E-state index in [1.54, 1.807) is 0 Å². The van der Waals surface area contributed by atoms with Gasteiger partial charge in [0, 0.05) is 15.5 Å². The highest BCUT2D eigenvalue weighted by molar-refractivity contribution is 9.11. The van der Waals surface area contributed by atoms with Crippen LogP contribution in [0.25, 0.3) is 0 Å². The Balaban J connectivity index is 1.93. The van der Waals surface area contributed by atoms with Crippen LogP contribution in [0.2, 0.25) is 0 Å². The Bertz CT molecular complexity index is 402. The first-order chi connectivity index (χ1) is 7.66. The Morgan fingerprint density at radius 3 is 2.81 bits per heavy atom. The molecule has 86 valence electrons. The third kappa shape index (κ3) is 3.32. The summed E-state index contributed by atoms with van der Waals surface area (Å²) in [7, 11) is 0. The van der Waals surface area contributed by atoms with Gasteiger partial charge in [0.1, 0.15) is 0 Å². The maximum Gasteiger partial charge on any atom is 0.252 e. The maximum atomic E-state index is 11.9. The van der Waals surface area contributed by atoms with E-state index in [-0.39, 0.29) is 5.91 Å². The predicted molar refractivity (Wildman–Crippen MR) is 71.5 cm³/mol. The summed E-state index contributed by atoms with van der Waals surface area (Å²) >= 11 is 6.75. The molecule has 0 radical (unpaired) electrons. The molecular weight excluding hydrogens is 334 g/mol. The number of carbonyl (C=O) groups is 1. The molecule has 16 heavy (non-hydrogen) atoms. The summed E-state index contributed by atoms with van der Waals surface area (Å²) < 4.78 is 1.75. The van der Waals surface area contributed by atoms with E-state index in [2.05, 4.69) is 37.2 Å². The first-order valence-electron chi connectivity index (χ1n) is 5.40. The van der Waals surface area contributed by atoms with Crippen molar-refractivity contribution in [1.82, 2.24) is 5.32 Å². The van der Waals surface area contributed by atoms with Gasteiger partial charge in [0.2, 0.25) is 0 Å². The second kappa shape index (κ2) is 5.32. The smallest absolute Gasteiger partial charge is 0.252 e. The summed E-state index contributed by atoms with van der Waals surface area (Å²) in [4.78, 5) is 11.9. The average Bonchev–Trinajstić information content (AvgIpc) is 3.05. The molecule has 1 aliphatic rings. The molecule has 0 saturated heterocycles. The van der Waals surface area contributed by atoms with Crippen LogP contribution in [-0.4, -0.2) is 12.5 Å². The lowest BCUT2D eigenvalue weighted by atomic mass is 10.2. The Hall–Kier alpha value is -0.350. The van der Waals surface area contributed by atoms with Gasteiger partial charge in [-0.05, 0) is 46.5 Å². The minimum Gasteiger partial charge on any atom is -0.352 e. The van der Waals surface area contributed by atoms with Gasteiger partial charge >= 0.3 is 0 Å². The summed E-state index contributed by atoms with van der Waals surface area (Å²) in [6.07, 6.45) is 3.77. The topological polar surface area (TPSA) is 29.1 Å². The van der Waals surface area contributed by atoms with E-state index in [0.29, 0.717) is 5.56 Å². The van der Waals surface area contributed by atoms with Crippen LogP contribution >= 0.6 is 31.9 Å². The van der Waals surface area contributed by atoms with Crippen molar-refractivity contribution in [3.05, 3.63) is 32.7 Å². The Morgan fingerprint density at radius 2 is 2.12 bits per heavy atom. The van der Waals surface area contributed by atoms with E-state index >= 15 is 0 Å². The van der Waals surface area contributed by atoms with Gasteiger partial charge in [-0.25, -0.2) is 0 Å². The number of rotatable bonds is 4. The van der Waals surface area contributed by atoms with Gasteiger partial charge < -0.3 is 5.32 Å². The van der Waals surface area contributed by atoms with Gasteiger partial charge in [0.25, 0.3) is 5.91 Å². The second-order valence-electron chi connectivity index (χ2n) is 4.11. The third-order valence-electron chi connectivity index (χ3n) is 2.71. The lowest BCUT2D eigenvalue weighted by Gasteiger charge is -2.06. The lowest BCUT2D eigenvalue weighted by Crippen LogP contribution is -2.25. The first kappa shape index (κ1) is 12.1. The fourth-order valence-electron chi connectivity index (χ4n) is 1.56. The molecule has 0 spiro atoms. The average molecular weight is 347 g/mol. The SMILES string of the molecule is O=C(NCCC1CC1)c1cc(Br)ccc1Br. The van der Waals surface area contributed by atoms with Crippen LogP contribution < -0.4 is 5.32 Å². The number of hydrogen-bond acceptors (Lipinski definition) is 1. The lowest BCUT2D eigenvalue weighted by molar-refractivity contribution is 0.0952. The number of carbonyl (C=O) groups excluding carboxylic acids is 1. The Labute approximate surface area is 112 Å². The summed E-state index contributed by atoms with van der Waals surface area (Å²) in [6.45, 7) is 0.780. The highest BCUT2D eigenvalue weighted by Gasteiger charge is 2.20. The van der Waals surface area contributed by atoms with Crippen molar-refractivity contribution in [3.8, 4) is 0 Å². The van der Waals surface area contributed by atoms with Crippen LogP contribution in [0.5, 0.6) is 0 Å². The van der Waals surface area contributed by atoms with Crippen molar-refractivity contribution in [1.29, 1.82) is 0 Å². The van der Waals surface area contributed by atoms with Crippen LogP contribution in [0, 0.1) is 5.92 Å². The van der Waals surface area contributed by atoms with E-state index < -0.39 is 0 Å². The predicted octanol–water partition coefficient (Wildman–Crippen LogP) is 3.74. The largest absolute Gasteiger partial charge is 0.352 e. The zero-order chi connectivity index (χ0) is 11.5. The Morgan fingerprint density at radius 1 is 1.38 bits per heavy atom. The van der Waals surface area contributed by atoms with Crippen LogP contribution in [0.4, 0.5) is 0 Å². The molecule has 1 aromatic rings. The molecule has 1 saturated carbocycles. The van der Waals surface area contributed by atoms with Crippen molar-refractivity contribution in [2.24, 2.45) is 5.92 Å². The van der Waals surface area contributed by atoms with Crippen LogP contribution in [0.15, 0.2) is 27.1 Å². The second-order valence-corrected chi connectivity index (χ2v) is 5.88. The Kier molecular flexibility index (Phi) is 4.03. The molecule has 1 aliphatic carbocycles. The highest BCUT2D eigenvalue weighted by atomic mass is 79.9. The molecular formula is C12H13Br2NO. The van der Waals surface area contributed by atoms with E-state index in [1.807, 2.05) is 18.2 Å². The molecule has 2 nitrogen and oxygen atoms in total. The van der Waals surface area contributed by atoms with Gasteiger partial charge in [-0.15, -0.1) is 0 Å². The van der Waals surface area contributed by atoms with Crippen LogP contribution in [0.3, 0.4) is 0 Å². The molecule has 0 unspecified atom stereocenters. The molecule has 0 atom stereocenters. The highest BCUT2D eigenvalue weighted by Crippen LogP contribution is 2.31. The monoisotopic (exact) mass is 345 g/mol. The van der Waals surface area contributed by atoms with Crippen molar-refractivity contribution in [3.63, 3.8) is 0 Å². The van der Waals surface area contributed by atoms with Crippen LogP contribution in [-0.2, 0) is 0 Å². The molecule has 1 aromatic carbocycles. The van der Waals surface area contributed by atoms with Crippen molar-refractivity contribution in [2.45, 2.75) is 19.3 Å². The van der Waals surface area contributed by atoms with E-state index in [0.717, 1.165) is 27.8 Å². The normalized spacial score (nSPS) is 14.9. The number of nitrogens with one attached hydrogen (secondary N) is 1. The summed E-state index contributed by atoms with van der Waals surface area (Å²) in [5.41, 5.74) is 0.685. The summed E-state index contributed by atoms with van der Waals surface area (Å²) in [5.74, 6) is 0.847. The van der Waals surface area contributed by atoms with Gasteiger partial charge in [-0.3, -0.25) is 4.79 Å². The summed E-state index contributed by atoms with van der Waals surface area (Å²) in [6, 6.07) is 5.61. The van der Waals surface area contributed by atoms with Crippen molar-refractivity contribution in [2.75, 3.05) is 6.54 Å². The third-order valence-corrected chi connectivity index (χ3v) is 3.89. The number of amides is 1. The quantitative estimate of drug-likeness (QED) is 0.884. The van der Waals surface area contributed by atoms with Gasteiger partial charge in [0.05, 0.1) is 5.56 Å². The first-order valence-corrected chi connectivity index (χ1v) is 6.98. The summed E-state index contributed by atoms with van der Waals surface area (Å²) in [5, 5.41) is 2.95. The molecule has 4 heteroatoms. The van der Waals surface area contributed by atoms with Crippen molar-refractivity contribution < 1.29 is 4.79 Å². The van der Waals surface area contributed by atoms with Crippen molar-refractivity contribution >= 4 is 37.8 Å². The molecule has 2 rings (SSSR count). The fraction of sp³-hybridized carbons (Fsp3) is 0.417. The molecule has 1 fully saturated rings. The zero-order valence-corrected chi connectivity index (χ0v) is 12.0. The molecule has 1 N–H and O–H groups in total. The van der Waals surface area contributed by atoms with Crippen LogP contribution in [0.1, 0.15) is 29.6 Å². The number of hydrogen-bond donors (Lipinski definition) is 1. The van der Waals surface area contributed by atoms with E-state index in [9.17, 15) is 4.79 Å². The minimum absolute atomic E-state index is 0.00572. The van der Waals surface area contributed by atoms with Gasteiger partial charge in [0.15, 0.2) is 0 Å². The van der Waals surface area contributed by atoms with Gasteiger partial charge in [-0.1, -0.05) is 28.8 Å². The standard InChI is InChI=1S/C12H13Br2NO/c13-9-3-4-11(14)10(7-9)12(16)15-6-5-8-1-2-8/h3-4,7-8H,1-2,5-6H2,(H,15,16). The molecule has 0 aliphatic heterocycles. The van der Waals surface area contributed by atoms with Gasteiger partial charge in [-0.2, -0.15) is 0 Å². The number of halogens is 2. The number of benzene rings is 1. The van der Waals surface area contributed by atoms with E-state index in [1.165, 1.54) is 12.8 Å². The molecule has 0 aromatic heterocycles. The maximum absolute atomic E-state index is 11.9. The molecule has 0 bridgehead atoms. The fourth-order valence-corrected chi connectivity index (χ4v) is 2.35. The molecule has 0 heterocycles. The molecule has 1 amide bonds. The van der Waals surface area contributed by atoms with E-state index in [4.69, 9.17) is 0 Å².